The van der Waals surface area contributed by atoms with E-state index in [4.69, 9.17) is 20.7 Å². The number of benzene rings is 2. The van der Waals surface area contributed by atoms with Crippen LogP contribution in [0.2, 0.25) is 0 Å². The maximum absolute atomic E-state index is 11.7. The first kappa shape index (κ1) is 21.5. The molecule has 0 saturated carbocycles. The number of rotatable bonds is 6. The first-order valence-electron chi connectivity index (χ1n) is 10.1. The van der Waals surface area contributed by atoms with Crippen LogP contribution >= 0.6 is 11.3 Å². The topological polar surface area (TPSA) is 126 Å². The molecule has 3 aromatic rings. The van der Waals surface area contributed by atoms with Crippen molar-refractivity contribution in [2.75, 3.05) is 13.2 Å². The van der Waals surface area contributed by atoms with E-state index in [-0.39, 0.29) is 17.4 Å². The molecule has 9 heteroatoms. The lowest BCUT2D eigenvalue weighted by Crippen LogP contribution is -2.17. The molecule has 0 radical (unpaired) electrons. The summed E-state index contributed by atoms with van der Waals surface area (Å²) in [4.78, 5) is 17.1. The maximum Gasteiger partial charge on any atom is 0.252 e. The molecule has 162 valence electrons. The van der Waals surface area contributed by atoms with Gasteiger partial charge in [-0.15, -0.1) is 11.3 Å². The minimum Gasteiger partial charge on any atom is -0.507 e. The van der Waals surface area contributed by atoms with Gasteiger partial charge in [-0.25, -0.2) is 4.68 Å². The molecule has 3 N–H and O–H groups in total. The van der Waals surface area contributed by atoms with Crippen molar-refractivity contribution in [1.82, 2.24) is 4.68 Å². The average Bonchev–Trinajstić information content (AvgIpc) is 3.46. The molecular weight excluding hydrogens is 426 g/mol. The zero-order valence-electron chi connectivity index (χ0n) is 17.1. The van der Waals surface area contributed by atoms with E-state index < -0.39 is 5.91 Å². The summed E-state index contributed by atoms with van der Waals surface area (Å²) < 4.78 is 7.36. The third-order valence-corrected chi connectivity index (χ3v) is 5.91. The van der Waals surface area contributed by atoms with Gasteiger partial charge < -0.3 is 15.6 Å². The van der Waals surface area contributed by atoms with E-state index in [0.29, 0.717) is 28.2 Å². The number of nitriles is 1. The second-order valence-corrected chi connectivity index (χ2v) is 8.10. The van der Waals surface area contributed by atoms with Crippen LogP contribution in [-0.4, -0.2) is 41.2 Å². The van der Waals surface area contributed by atoms with Gasteiger partial charge in [-0.2, -0.15) is 10.4 Å². The summed E-state index contributed by atoms with van der Waals surface area (Å²) in [5.41, 5.74) is 8.19. The first-order valence-corrected chi connectivity index (χ1v) is 10.9. The number of nitrogens with two attached hydrogens (primary N) is 1. The van der Waals surface area contributed by atoms with Crippen LogP contribution in [0.4, 0.5) is 0 Å². The summed E-state index contributed by atoms with van der Waals surface area (Å²) in [6.45, 7) is 1.30. The molecule has 1 amide bonds. The van der Waals surface area contributed by atoms with Gasteiger partial charge in [0.05, 0.1) is 41.8 Å². The maximum atomic E-state index is 11.7. The van der Waals surface area contributed by atoms with Crippen molar-refractivity contribution in [3.05, 3.63) is 69.3 Å². The van der Waals surface area contributed by atoms with E-state index in [9.17, 15) is 9.90 Å². The van der Waals surface area contributed by atoms with E-state index in [2.05, 4.69) is 11.2 Å². The highest BCUT2D eigenvalue weighted by atomic mass is 32.1. The normalized spacial score (nSPS) is 16.5. The molecule has 1 aromatic heterocycles. The number of aromatic hydroxyl groups is 1. The van der Waals surface area contributed by atoms with E-state index in [0.717, 1.165) is 25.0 Å². The van der Waals surface area contributed by atoms with Crippen LogP contribution in [0.3, 0.4) is 0 Å². The number of aromatic nitrogens is 1. The Balaban J connectivity index is 1.75. The zero-order chi connectivity index (χ0) is 22.5. The summed E-state index contributed by atoms with van der Waals surface area (Å²) in [5.74, 6) is -0.886. The number of amides is 1. The Labute approximate surface area is 188 Å². The fraction of sp³-hybridized carbons (Fsp3) is 0.217. The lowest BCUT2D eigenvalue weighted by molar-refractivity contribution is 0.0997. The fourth-order valence-corrected chi connectivity index (χ4v) is 4.19. The Morgan fingerprint density at radius 3 is 2.84 bits per heavy atom. The lowest BCUT2D eigenvalue weighted by Gasteiger charge is -2.07. The summed E-state index contributed by atoms with van der Waals surface area (Å²) in [7, 11) is 0. The van der Waals surface area contributed by atoms with Crippen molar-refractivity contribution >= 4 is 23.5 Å². The smallest absolute Gasteiger partial charge is 0.252 e. The van der Waals surface area contributed by atoms with Crippen molar-refractivity contribution in [3.8, 4) is 23.1 Å². The van der Waals surface area contributed by atoms with Crippen molar-refractivity contribution in [3.63, 3.8) is 0 Å². The number of ether oxygens (including phenoxy) is 1. The summed E-state index contributed by atoms with van der Waals surface area (Å²) in [6.07, 6.45) is 3.80. The number of hydrogen-bond acceptors (Lipinski definition) is 7. The number of thiazole rings is 1. The van der Waals surface area contributed by atoms with Gasteiger partial charge in [0.15, 0.2) is 0 Å². The number of hydrogen-bond donors (Lipinski definition) is 2. The highest BCUT2D eigenvalue weighted by Crippen LogP contribution is 2.26. The summed E-state index contributed by atoms with van der Waals surface area (Å²) in [6, 6.07) is 13.8. The lowest BCUT2D eigenvalue weighted by atomic mass is 10.1. The molecule has 2 aromatic carbocycles. The number of primary amides is 1. The molecule has 1 unspecified atom stereocenters. The van der Waals surface area contributed by atoms with Gasteiger partial charge in [0, 0.05) is 17.6 Å². The highest BCUT2D eigenvalue weighted by Gasteiger charge is 2.16. The number of carbonyl (C=O) groups excluding carboxylic acids is 1. The van der Waals surface area contributed by atoms with Crippen molar-refractivity contribution in [2.45, 2.75) is 18.9 Å². The monoisotopic (exact) mass is 447 g/mol. The third kappa shape index (κ3) is 4.77. The van der Waals surface area contributed by atoms with Gasteiger partial charge in [-0.3, -0.25) is 9.79 Å². The third-order valence-electron chi connectivity index (χ3n) is 5.06. The van der Waals surface area contributed by atoms with Gasteiger partial charge >= 0.3 is 0 Å². The standard InChI is InChI=1S/C23H21N5O3S/c24-11-15-3-5-16(6-4-15)12-27-28-20(17-7-8-21(29)19(10-17)22(25)30)14-32-23(28)26-13-18-2-1-9-31-18/h3-8,10,12,14,18,29H,1-2,9,13H2,(H2,25,30)/b26-23?,27-12+. The molecule has 0 bridgehead atoms. The zero-order valence-corrected chi connectivity index (χ0v) is 18.0. The van der Waals surface area contributed by atoms with Crippen LogP contribution in [0, 0.1) is 11.3 Å². The van der Waals surface area contributed by atoms with Gasteiger partial charge in [0.2, 0.25) is 4.80 Å². The molecule has 32 heavy (non-hydrogen) atoms. The Morgan fingerprint density at radius 2 is 2.16 bits per heavy atom. The molecule has 0 spiro atoms. The molecular formula is C23H21N5O3S. The highest BCUT2D eigenvalue weighted by molar-refractivity contribution is 7.07. The quantitative estimate of drug-likeness (QED) is 0.564. The van der Waals surface area contributed by atoms with Crippen LogP contribution < -0.4 is 10.5 Å². The van der Waals surface area contributed by atoms with Crippen LogP contribution in [0.25, 0.3) is 11.3 Å². The fourth-order valence-electron chi connectivity index (χ4n) is 3.35. The van der Waals surface area contributed by atoms with Crippen molar-refractivity contribution < 1.29 is 14.6 Å². The van der Waals surface area contributed by atoms with Crippen molar-refractivity contribution in [1.29, 1.82) is 5.26 Å². The van der Waals surface area contributed by atoms with Crippen LogP contribution in [-0.2, 0) is 4.74 Å². The molecule has 1 aliphatic heterocycles. The Morgan fingerprint density at radius 1 is 1.34 bits per heavy atom. The van der Waals surface area contributed by atoms with Gasteiger partial charge in [-0.1, -0.05) is 12.1 Å². The number of nitrogens with zero attached hydrogens (tertiary/aromatic N) is 4. The average molecular weight is 448 g/mol. The van der Waals surface area contributed by atoms with Crippen LogP contribution in [0.15, 0.2) is 57.9 Å². The second kappa shape index (κ2) is 9.60. The largest absolute Gasteiger partial charge is 0.507 e. The SMILES string of the molecule is N#Cc1ccc(/C=N/n2c(-c3ccc(O)c(C(N)=O)c3)csc2=NCC2CCCO2)cc1. The predicted molar refractivity (Wildman–Crippen MR) is 121 cm³/mol. The Hall–Kier alpha value is -3.74. The van der Waals surface area contributed by atoms with Crippen LogP contribution in [0.1, 0.15) is 34.3 Å². The molecule has 0 aliphatic carbocycles. The van der Waals surface area contributed by atoms with Crippen LogP contribution in [0.5, 0.6) is 5.75 Å². The first-order chi connectivity index (χ1) is 15.5. The molecule has 1 fully saturated rings. The van der Waals surface area contributed by atoms with E-state index in [1.54, 1.807) is 29.1 Å². The van der Waals surface area contributed by atoms with Gasteiger partial charge in [0.25, 0.3) is 5.91 Å². The second-order valence-electron chi connectivity index (χ2n) is 7.27. The molecule has 1 aliphatic rings. The minimum absolute atomic E-state index is 0.0363. The Kier molecular flexibility index (Phi) is 6.44. The molecule has 1 atom stereocenters. The minimum atomic E-state index is -0.712. The number of carbonyl (C=O) groups is 1. The Bertz CT molecular complexity index is 1260. The summed E-state index contributed by atoms with van der Waals surface area (Å²) >= 11 is 1.42. The van der Waals surface area contributed by atoms with E-state index >= 15 is 0 Å². The molecule has 8 nitrogen and oxygen atoms in total. The van der Waals surface area contributed by atoms with Gasteiger partial charge in [0.1, 0.15) is 5.75 Å². The van der Waals surface area contributed by atoms with E-state index in [1.807, 2.05) is 17.5 Å². The molecule has 1 saturated heterocycles. The predicted octanol–water partition coefficient (Wildman–Crippen LogP) is 2.85. The molecule has 2 heterocycles. The molecule has 4 rings (SSSR count). The summed E-state index contributed by atoms with van der Waals surface area (Å²) in [5, 5.41) is 25.4. The van der Waals surface area contributed by atoms with E-state index in [1.165, 1.54) is 23.5 Å². The van der Waals surface area contributed by atoms with Crippen molar-refractivity contribution in [2.24, 2.45) is 15.8 Å². The van der Waals surface area contributed by atoms with Gasteiger partial charge in [-0.05, 0) is 48.7 Å². The number of phenols is 1.